The Morgan fingerprint density at radius 1 is 1.20 bits per heavy atom. The number of halogens is 2. The van der Waals surface area contributed by atoms with Gasteiger partial charge in [-0.05, 0) is 19.1 Å². The molecule has 0 spiro atoms. The topological polar surface area (TPSA) is 25.8 Å². The highest BCUT2D eigenvalue weighted by atomic mass is 35.5. The Kier molecular flexibility index (Phi) is 3.97. The molecule has 15 heavy (non-hydrogen) atoms. The van der Waals surface area contributed by atoms with Crippen LogP contribution >= 0.6 is 11.6 Å². The van der Waals surface area contributed by atoms with Crippen molar-refractivity contribution < 1.29 is 4.39 Å². The molecule has 1 heterocycles. The molecule has 0 aliphatic carbocycles. The average molecular weight is 227 g/mol. The molecular weight excluding hydrogens is 215 g/mol. The number of hydrogen-bond donors (Lipinski definition) is 0. The van der Waals surface area contributed by atoms with Crippen LogP contribution in [-0.2, 0) is 0 Å². The quantitative estimate of drug-likeness (QED) is 0.684. The van der Waals surface area contributed by atoms with Gasteiger partial charge in [0.1, 0.15) is 11.8 Å². The van der Waals surface area contributed by atoms with E-state index in [9.17, 15) is 4.39 Å². The molecule has 0 saturated heterocycles. The lowest BCUT2D eigenvalue weighted by Crippen LogP contribution is -1.90. The van der Waals surface area contributed by atoms with Gasteiger partial charge in [0, 0.05) is 16.1 Å². The van der Waals surface area contributed by atoms with Gasteiger partial charge in [-0.3, -0.25) is 0 Å². The van der Waals surface area contributed by atoms with Crippen LogP contribution in [0.15, 0.2) is 18.5 Å². The average Bonchev–Trinajstić information content (AvgIpc) is 2.23. The molecule has 0 radical (unpaired) electrons. The van der Waals surface area contributed by atoms with Crippen LogP contribution in [0.2, 0.25) is 5.02 Å². The summed E-state index contributed by atoms with van der Waals surface area (Å²) in [5.74, 6) is -0.409. The van der Waals surface area contributed by atoms with Gasteiger partial charge in [0.15, 0.2) is 5.82 Å². The van der Waals surface area contributed by atoms with E-state index in [1.165, 1.54) is 12.4 Å². The van der Waals surface area contributed by atoms with Gasteiger partial charge >= 0.3 is 0 Å². The highest BCUT2D eigenvalue weighted by molar-refractivity contribution is 6.31. The van der Waals surface area contributed by atoms with Crippen molar-refractivity contribution in [1.82, 2.24) is 9.97 Å². The Bertz CT molecular complexity index is 471. The zero-order valence-electron chi connectivity index (χ0n) is 8.88. The normalized spacial score (nSPS) is 9.67. The van der Waals surface area contributed by atoms with Gasteiger partial charge in [0.05, 0.1) is 0 Å². The molecule has 1 aromatic carbocycles. The van der Waals surface area contributed by atoms with Crippen LogP contribution in [0.3, 0.4) is 0 Å². The lowest BCUT2D eigenvalue weighted by Gasteiger charge is -2.01. The van der Waals surface area contributed by atoms with Crippen molar-refractivity contribution in [3.05, 3.63) is 35.0 Å². The van der Waals surface area contributed by atoms with E-state index in [0.717, 1.165) is 5.69 Å². The Morgan fingerprint density at radius 2 is 1.87 bits per heavy atom. The van der Waals surface area contributed by atoms with Crippen LogP contribution in [-0.4, -0.2) is 9.97 Å². The van der Waals surface area contributed by atoms with Crippen molar-refractivity contribution in [2.24, 2.45) is 0 Å². The summed E-state index contributed by atoms with van der Waals surface area (Å²) in [6.07, 6.45) is 1.34. The van der Waals surface area contributed by atoms with E-state index in [4.69, 9.17) is 11.6 Å². The molecule has 80 valence electrons. The van der Waals surface area contributed by atoms with Gasteiger partial charge in [-0.15, -0.1) is 0 Å². The molecule has 0 bridgehead atoms. The first kappa shape index (κ1) is 11.9. The minimum Gasteiger partial charge on any atom is -0.241 e. The largest absolute Gasteiger partial charge is 0.241 e. The van der Waals surface area contributed by atoms with Crippen LogP contribution < -0.4 is 0 Å². The molecular formula is C11H12ClFN2. The zero-order chi connectivity index (χ0) is 11.4. The van der Waals surface area contributed by atoms with Gasteiger partial charge < -0.3 is 0 Å². The van der Waals surface area contributed by atoms with Crippen LogP contribution in [0.25, 0.3) is 10.9 Å². The third kappa shape index (κ3) is 2.42. The third-order valence-corrected chi connectivity index (χ3v) is 2.07. The van der Waals surface area contributed by atoms with E-state index >= 15 is 0 Å². The van der Waals surface area contributed by atoms with Gasteiger partial charge in [0.25, 0.3) is 0 Å². The fraction of sp³-hybridized carbons (Fsp3) is 0.273. The maximum atomic E-state index is 13.3. The highest BCUT2D eigenvalue weighted by Crippen LogP contribution is 2.22. The summed E-state index contributed by atoms with van der Waals surface area (Å²) in [5, 5.41) is 1.02. The Labute approximate surface area is 93.1 Å². The molecule has 4 heteroatoms. The first-order valence-electron chi connectivity index (χ1n) is 4.75. The number of rotatable bonds is 0. The molecule has 0 unspecified atom stereocenters. The van der Waals surface area contributed by atoms with Crippen LogP contribution in [0.5, 0.6) is 0 Å². The summed E-state index contributed by atoms with van der Waals surface area (Å²) in [7, 11) is 0. The molecule has 2 aromatic rings. The molecule has 0 N–H and O–H groups in total. The Balaban J connectivity index is 0.000000531. The number of fused-ring (bicyclic) bond motifs is 1. The van der Waals surface area contributed by atoms with E-state index < -0.39 is 5.82 Å². The van der Waals surface area contributed by atoms with Gasteiger partial charge in [-0.1, -0.05) is 25.4 Å². The van der Waals surface area contributed by atoms with Crippen molar-refractivity contribution in [3.8, 4) is 0 Å². The Morgan fingerprint density at radius 3 is 2.53 bits per heavy atom. The van der Waals surface area contributed by atoms with Gasteiger partial charge in [-0.2, -0.15) is 0 Å². The number of aryl methyl sites for hydroxylation is 1. The van der Waals surface area contributed by atoms with Crippen molar-refractivity contribution in [3.63, 3.8) is 0 Å². The fourth-order valence-electron chi connectivity index (χ4n) is 1.22. The number of aromatic nitrogens is 2. The first-order valence-corrected chi connectivity index (χ1v) is 5.12. The second-order valence-corrected chi connectivity index (χ2v) is 3.18. The molecule has 0 saturated carbocycles. The van der Waals surface area contributed by atoms with E-state index in [0.29, 0.717) is 15.9 Å². The minimum atomic E-state index is -0.409. The maximum Gasteiger partial charge on any atom is 0.151 e. The van der Waals surface area contributed by atoms with E-state index in [1.54, 1.807) is 13.0 Å². The summed E-state index contributed by atoms with van der Waals surface area (Å²) in [5.41, 5.74) is 1.04. The summed E-state index contributed by atoms with van der Waals surface area (Å²) in [4.78, 5) is 7.79. The van der Waals surface area contributed by atoms with Crippen LogP contribution in [0.4, 0.5) is 4.39 Å². The van der Waals surface area contributed by atoms with Gasteiger partial charge in [0.2, 0.25) is 0 Å². The SMILES string of the molecule is CC.Cc1ncnc2c(F)cc(Cl)cc12. The van der Waals surface area contributed by atoms with E-state index in [-0.39, 0.29) is 0 Å². The molecule has 2 nitrogen and oxygen atoms in total. The monoisotopic (exact) mass is 226 g/mol. The molecule has 0 aliphatic rings. The summed E-state index contributed by atoms with van der Waals surface area (Å²) in [6, 6.07) is 2.91. The molecule has 0 atom stereocenters. The predicted molar refractivity (Wildman–Crippen MR) is 60.6 cm³/mol. The maximum absolute atomic E-state index is 13.3. The number of nitrogens with zero attached hydrogens (tertiary/aromatic N) is 2. The second kappa shape index (κ2) is 5.03. The molecule has 0 amide bonds. The van der Waals surface area contributed by atoms with Crippen molar-refractivity contribution in [1.29, 1.82) is 0 Å². The van der Waals surface area contributed by atoms with Crippen molar-refractivity contribution >= 4 is 22.5 Å². The smallest absolute Gasteiger partial charge is 0.151 e. The summed E-state index contributed by atoms with van der Waals surface area (Å²) in [6.45, 7) is 5.79. The fourth-order valence-corrected chi connectivity index (χ4v) is 1.42. The van der Waals surface area contributed by atoms with Crippen LogP contribution in [0, 0.1) is 12.7 Å². The zero-order valence-corrected chi connectivity index (χ0v) is 9.64. The number of hydrogen-bond acceptors (Lipinski definition) is 2. The van der Waals surface area contributed by atoms with Crippen molar-refractivity contribution in [2.75, 3.05) is 0 Å². The van der Waals surface area contributed by atoms with Crippen LogP contribution in [0.1, 0.15) is 19.5 Å². The standard InChI is InChI=1S/C9H6ClFN2.C2H6/c1-5-7-2-6(10)3-8(11)9(7)13-4-12-5;1-2/h2-4H,1H3;1-2H3. The third-order valence-electron chi connectivity index (χ3n) is 1.86. The number of benzene rings is 1. The lowest BCUT2D eigenvalue weighted by atomic mass is 10.2. The second-order valence-electron chi connectivity index (χ2n) is 2.74. The first-order chi connectivity index (χ1) is 7.18. The Hall–Kier alpha value is -1.22. The summed E-state index contributed by atoms with van der Waals surface area (Å²) < 4.78 is 13.3. The van der Waals surface area contributed by atoms with Gasteiger partial charge in [-0.25, -0.2) is 14.4 Å². The van der Waals surface area contributed by atoms with E-state index in [1.807, 2.05) is 13.8 Å². The molecule has 1 aromatic heterocycles. The molecule has 2 rings (SSSR count). The molecule has 0 aliphatic heterocycles. The van der Waals surface area contributed by atoms with Crippen molar-refractivity contribution in [2.45, 2.75) is 20.8 Å². The van der Waals surface area contributed by atoms with E-state index in [2.05, 4.69) is 9.97 Å². The predicted octanol–water partition coefficient (Wildman–Crippen LogP) is 3.76. The summed E-state index contributed by atoms with van der Waals surface area (Å²) >= 11 is 5.70. The lowest BCUT2D eigenvalue weighted by molar-refractivity contribution is 0.636. The molecule has 0 fully saturated rings. The minimum absolute atomic E-state index is 0.317. The highest BCUT2D eigenvalue weighted by Gasteiger charge is 2.05.